The third-order valence-electron chi connectivity index (χ3n) is 1.71. The van der Waals surface area contributed by atoms with Gasteiger partial charge in [0.15, 0.2) is 0 Å². The molecule has 0 saturated heterocycles. The highest BCUT2D eigenvalue weighted by molar-refractivity contribution is 6.18. The third kappa shape index (κ3) is 1.96. The lowest BCUT2D eigenvalue weighted by molar-refractivity contribution is 0.202. The number of aliphatic hydroxyl groups is 1. The van der Waals surface area contributed by atoms with Crippen molar-refractivity contribution in [3.8, 4) is 0 Å². The first kappa shape index (κ1) is 9.49. The molecule has 0 aliphatic rings. The van der Waals surface area contributed by atoms with Crippen molar-refractivity contribution in [2.24, 2.45) is 0 Å². The van der Waals surface area contributed by atoms with Crippen LogP contribution in [-0.4, -0.2) is 11.0 Å². The average molecular weight is 189 g/mol. The van der Waals surface area contributed by atoms with Gasteiger partial charge in [-0.2, -0.15) is 0 Å². The Morgan fingerprint density at radius 2 is 2.25 bits per heavy atom. The van der Waals surface area contributed by atoms with Gasteiger partial charge in [-0.15, -0.1) is 11.6 Å². The number of hydrogen-bond donors (Lipinski definition) is 1. The number of alkyl halides is 1. The first-order valence-corrected chi connectivity index (χ1v) is 4.18. The summed E-state index contributed by atoms with van der Waals surface area (Å²) < 4.78 is 12.8. The van der Waals surface area contributed by atoms with E-state index in [1.165, 1.54) is 12.1 Å². The van der Waals surface area contributed by atoms with E-state index in [1.54, 1.807) is 13.0 Å². The standard InChI is InChI=1S/C9H10ClFO/c1-6-4-7(9(12)5-10)2-3-8(6)11/h2-4,9,12H,5H2,1H3. The molecule has 1 unspecified atom stereocenters. The van der Waals surface area contributed by atoms with E-state index in [4.69, 9.17) is 11.6 Å². The maximum absolute atomic E-state index is 12.8. The van der Waals surface area contributed by atoms with Gasteiger partial charge in [-0.3, -0.25) is 0 Å². The Balaban J connectivity index is 2.96. The van der Waals surface area contributed by atoms with Crippen molar-refractivity contribution in [3.05, 3.63) is 35.1 Å². The summed E-state index contributed by atoms with van der Waals surface area (Å²) >= 11 is 5.43. The molecule has 1 rings (SSSR count). The second-order valence-electron chi connectivity index (χ2n) is 2.68. The highest BCUT2D eigenvalue weighted by Gasteiger charge is 2.06. The van der Waals surface area contributed by atoms with E-state index >= 15 is 0 Å². The molecule has 0 aliphatic carbocycles. The highest BCUT2D eigenvalue weighted by Crippen LogP contribution is 2.17. The Labute approximate surface area is 75.8 Å². The fraction of sp³-hybridized carbons (Fsp3) is 0.333. The predicted molar refractivity (Wildman–Crippen MR) is 46.8 cm³/mol. The second kappa shape index (κ2) is 3.87. The monoisotopic (exact) mass is 188 g/mol. The van der Waals surface area contributed by atoms with Crippen LogP contribution < -0.4 is 0 Å². The molecule has 1 N–H and O–H groups in total. The molecule has 0 amide bonds. The largest absolute Gasteiger partial charge is 0.387 e. The van der Waals surface area contributed by atoms with Crippen LogP contribution in [0.1, 0.15) is 17.2 Å². The van der Waals surface area contributed by atoms with E-state index in [0.29, 0.717) is 11.1 Å². The summed E-state index contributed by atoms with van der Waals surface area (Å²) in [5.41, 5.74) is 1.18. The molecule has 0 spiro atoms. The summed E-state index contributed by atoms with van der Waals surface area (Å²) in [5, 5.41) is 9.29. The number of aryl methyl sites for hydroxylation is 1. The molecular weight excluding hydrogens is 179 g/mol. The smallest absolute Gasteiger partial charge is 0.126 e. The fourth-order valence-electron chi connectivity index (χ4n) is 0.964. The number of aliphatic hydroxyl groups excluding tert-OH is 1. The van der Waals surface area contributed by atoms with Gasteiger partial charge in [-0.1, -0.05) is 12.1 Å². The van der Waals surface area contributed by atoms with Crippen molar-refractivity contribution in [2.75, 3.05) is 5.88 Å². The van der Waals surface area contributed by atoms with Crippen LogP contribution in [0.2, 0.25) is 0 Å². The van der Waals surface area contributed by atoms with Crippen LogP contribution in [-0.2, 0) is 0 Å². The zero-order chi connectivity index (χ0) is 9.14. The van der Waals surface area contributed by atoms with Gasteiger partial charge in [-0.05, 0) is 24.1 Å². The number of halogens is 2. The van der Waals surface area contributed by atoms with Gasteiger partial charge < -0.3 is 5.11 Å². The molecule has 0 saturated carbocycles. The normalized spacial score (nSPS) is 13.0. The van der Waals surface area contributed by atoms with Crippen molar-refractivity contribution < 1.29 is 9.50 Å². The highest BCUT2D eigenvalue weighted by atomic mass is 35.5. The first-order chi connectivity index (χ1) is 5.65. The Morgan fingerprint density at radius 3 is 2.75 bits per heavy atom. The molecule has 12 heavy (non-hydrogen) atoms. The van der Waals surface area contributed by atoms with Crippen LogP contribution in [0.4, 0.5) is 4.39 Å². The Kier molecular flexibility index (Phi) is 3.06. The molecule has 0 fully saturated rings. The minimum absolute atomic E-state index is 0.130. The van der Waals surface area contributed by atoms with Gasteiger partial charge in [0.2, 0.25) is 0 Å². The zero-order valence-electron chi connectivity index (χ0n) is 6.72. The van der Waals surface area contributed by atoms with Crippen LogP contribution in [0.15, 0.2) is 18.2 Å². The van der Waals surface area contributed by atoms with E-state index in [1.807, 2.05) is 0 Å². The van der Waals surface area contributed by atoms with Gasteiger partial charge in [0.05, 0.1) is 12.0 Å². The maximum Gasteiger partial charge on any atom is 0.126 e. The average Bonchev–Trinajstić information content (AvgIpc) is 2.08. The van der Waals surface area contributed by atoms with Gasteiger partial charge in [-0.25, -0.2) is 4.39 Å². The van der Waals surface area contributed by atoms with Crippen LogP contribution in [0.25, 0.3) is 0 Å². The van der Waals surface area contributed by atoms with Gasteiger partial charge in [0, 0.05) is 0 Å². The Morgan fingerprint density at radius 1 is 1.58 bits per heavy atom. The summed E-state index contributed by atoms with van der Waals surface area (Å²) in [6.45, 7) is 1.65. The quantitative estimate of drug-likeness (QED) is 0.707. The molecule has 0 bridgehead atoms. The molecule has 0 aromatic heterocycles. The lowest BCUT2D eigenvalue weighted by atomic mass is 10.1. The van der Waals surface area contributed by atoms with Gasteiger partial charge >= 0.3 is 0 Å². The van der Waals surface area contributed by atoms with Crippen LogP contribution in [0.5, 0.6) is 0 Å². The second-order valence-corrected chi connectivity index (χ2v) is 2.99. The Bertz CT molecular complexity index is 275. The molecule has 66 valence electrons. The van der Waals surface area contributed by atoms with E-state index in [0.717, 1.165) is 0 Å². The minimum Gasteiger partial charge on any atom is -0.387 e. The molecule has 1 aromatic carbocycles. The Hall–Kier alpha value is -0.600. The number of hydrogen-bond acceptors (Lipinski definition) is 1. The van der Waals surface area contributed by atoms with E-state index in [2.05, 4.69) is 0 Å². The summed E-state index contributed by atoms with van der Waals surface area (Å²) in [5.74, 6) is -0.133. The predicted octanol–water partition coefficient (Wildman–Crippen LogP) is 2.41. The summed E-state index contributed by atoms with van der Waals surface area (Å²) in [6.07, 6.45) is -0.703. The zero-order valence-corrected chi connectivity index (χ0v) is 7.48. The molecule has 0 heterocycles. The van der Waals surface area contributed by atoms with Gasteiger partial charge in [0.1, 0.15) is 5.82 Å². The molecule has 1 atom stereocenters. The molecule has 0 radical (unpaired) electrons. The van der Waals surface area contributed by atoms with Crippen LogP contribution >= 0.6 is 11.6 Å². The molecule has 0 aliphatic heterocycles. The van der Waals surface area contributed by atoms with Crippen molar-refractivity contribution in [1.29, 1.82) is 0 Å². The van der Waals surface area contributed by atoms with Gasteiger partial charge in [0.25, 0.3) is 0 Å². The lowest BCUT2D eigenvalue weighted by Crippen LogP contribution is -1.99. The molecule has 1 aromatic rings. The number of rotatable bonds is 2. The molecular formula is C9H10ClFO. The van der Waals surface area contributed by atoms with Crippen molar-refractivity contribution in [1.82, 2.24) is 0 Å². The lowest BCUT2D eigenvalue weighted by Gasteiger charge is -2.07. The first-order valence-electron chi connectivity index (χ1n) is 3.65. The van der Waals surface area contributed by atoms with E-state index in [-0.39, 0.29) is 11.7 Å². The third-order valence-corrected chi connectivity index (χ3v) is 2.01. The molecule has 3 heteroatoms. The van der Waals surface area contributed by atoms with E-state index < -0.39 is 6.10 Å². The summed E-state index contributed by atoms with van der Waals surface area (Å²) in [7, 11) is 0. The SMILES string of the molecule is Cc1cc(C(O)CCl)ccc1F. The number of benzene rings is 1. The van der Waals surface area contributed by atoms with Crippen molar-refractivity contribution >= 4 is 11.6 Å². The minimum atomic E-state index is -0.703. The van der Waals surface area contributed by atoms with Crippen LogP contribution in [0.3, 0.4) is 0 Å². The topological polar surface area (TPSA) is 20.2 Å². The summed E-state index contributed by atoms with van der Waals surface area (Å²) in [4.78, 5) is 0. The maximum atomic E-state index is 12.8. The van der Waals surface area contributed by atoms with E-state index in [9.17, 15) is 9.50 Å². The molecule has 1 nitrogen and oxygen atoms in total. The fourth-order valence-corrected chi connectivity index (χ4v) is 1.14. The summed E-state index contributed by atoms with van der Waals surface area (Å²) in [6, 6.07) is 4.47. The van der Waals surface area contributed by atoms with Crippen molar-refractivity contribution in [3.63, 3.8) is 0 Å². The van der Waals surface area contributed by atoms with Crippen LogP contribution in [0, 0.1) is 12.7 Å². The van der Waals surface area contributed by atoms with Crippen molar-refractivity contribution in [2.45, 2.75) is 13.0 Å².